The molecule has 0 radical (unpaired) electrons. The summed E-state index contributed by atoms with van der Waals surface area (Å²) in [4.78, 5) is 0. The van der Waals surface area contributed by atoms with Gasteiger partial charge in [-0.25, -0.2) is 8.78 Å². The van der Waals surface area contributed by atoms with Crippen LogP contribution >= 0.6 is 0 Å². The van der Waals surface area contributed by atoms with Crippen LogP contribution in [0.5, 0.6) is 0 Å². The molecule has 66 valence electrons. The van der Waals surface area contributed by atoms with Crippen LogP contribution in [-0.4, -0.2) is 20.1 Å². The molecule has 0 heterocycles. The Balaban J connectivity index is 2.42. The van der Waals surface area contributed by atoms with Gasteiger partial charge in [0, 0.05) is 5.92 Å². The van der Waals surface area contributed by atoms with Crippen molar-refractivity contribution in [3.8, 4) is 0 Å². The maximum Gasteiger partial charge on any atom is 0.305 e. The molecule has 0 unspecified atom stereocenters. The van der Waals surface area contributed by atoms with Gasteiger partial charge in [0.25, 0.3) is 0 Å². The van der Waals surface area contributed by atoms with Gasteiger partial charge in [-0.05, 0) is 12.8 Å². The van der Waals surface area contributed by atoms with E-state index in [1.54, 1.807) is 0 Å². The average molecular weight is 188 g/mol. The Hall–Kier alpha value is -0.260. The van der Waals surface area contributed by atoms with Crippen molar-refractivity contribution in [2.24, 2.45) is 5.92 Å². The van der Waals surface area contributed by atoms with Crippen LogP contribution < -0.4 is 0 Å². The number of rotatable bonds is 2. The topological polar surface area (TPSA) is 34.1 Å². The van der Waals surface area contributed by atoms with Crippen LogP contribution in [0.3, 0.4) is 0 Å². The summed E-state index contributed by atoms with van der Waals surface area (Å²) < 4.78 is 55.6. The van der Waals surface area contributed by atoms with Crippen LogP contribution in [0, 0.1) is 5.92 Å². The van der Waals surface area contributed by atoms with Crippen molar-refractivity contribution in [2.75, 3.05) is 0 Å². The summed E-state index contributed by atoms with van der Waals surface area (Å²) in [5, 5.41) is -1.18. The summed E-state index contributed by atoms with van der Waals surface area (Å²) in [7, 11) is -4.57. The lowest BCUT2D eigenvalue weighted by atomic mass is 9.85. The van der Waals surface area contributed by atoms with Gasteiger partial charge in [0.1, 0.15) is 0 Å². The van der Waals surface area contributed by atoms with Gasteiger partial charge in [0.15, 0.2) is 0 Å². The predicted octanol–water partition coefficient (Wildman–Crippen LogP) is 1.33. The summed E-state index contributed by atoms with van der Waals surface area (Å²) in [6.45, 7) is 0. The first-order chi connectivity index (χ1) is 4.91. The van der Waals surface area contributed by atoms with E-state index in [0.717, 1.165) is 0 Å². The van der Waals surface area contributed by atoms with Crippen molar-refractivity contribution in [3.63, 3.8) is 0 Å². The predicted molar refractivity (Wildman–Crippen MR) is 32.5 cm³/mol. The monoisotopic (exact) mass is 188 g/mol. The minimum atomic E-state index is -4.57. The lowest BCUT2D eigenvalue weighted by Gasteiger charge is -2.31. The van der Waals surface area contributed by atoms with E-state index in [-0.39, 0.29) is 12.8 Å². The first-order valence-electron chi connectivity index (χ1n) is 3.13. The van der Waals surface area contributed by atoms with E-state index >= 15 is 0 Å². The van der Waals surface area contributed by atoms with Gasteiger partial charge in [-0.3, -0.25) is 0 Å². The van der Waals surface area contributed by atoms with Crippen LogP contribution in [0.1, 0.15) is 12.8 Å². The van der Waals surface area contributed by atoms with E-state index in [1.807, 2.05) is 0 Å². The van der Waals surface area contributed by atoms with Crippen LogP contribution in [0.2, 0.25) is 0 Å². The molecule has 0 spiro atoms. The molecule has 0 saturated heterocycles. The highest BCUT2D eigenvalue weighted by Gasteiger charge is 2.43. The molecular formula is C5H7F3O2S. The van der Waals surface area contributed by atoms with Crippen molar-refractivity contribution >= 4 is 10.2 Å². The first kappa shape index (κ1) is 8.83. The van der Waals surface area contributed by atoms with E-state index in [1.165, 1.54) is 0 Å². The lowest BCUT2D eigenvalue weighted by Crippen LogP contribution is -2.37. The molecule has 1 saturated carbocycles. The molecule has 1 rings (SSSR count). The van der Waals surface area contributed by atoms with Gasteiger partial charge in [0.05, 0.1) is 5.25 Å². The SMILES string of the molecule is O=S(=O)(F)C1CC(C(F)F)C1. The van der Waals surface area contributed by atoms with Gasteiger partial charge in [-0.1, -0.05) is 0 Å². The first-order valence-corrected chi connectivity index (χ1v) is 4.57. The van der Waals surface area contributed by atoms with Gasteiger partial charge < -0.3 is 0 Å². The third-order valence-electron chi connectivity index (χ3n) is 1.89. The lowest BCUT2D eigenvalue weighted by molar-refractivity contribution is 0.0357. The molecule has 11 heavy (non-hydrogen) atoms. The van der Waals surface area contributed by atoms with E-state index < -0.39 is 27.8 Å². The maximum atomic E-state index is 12.0. The van der Waals surface area contributed by atoms with Crippen molar-refractivity contribution in [1.82, 2.24) is 0 Å². The molecule has 1 fully saturated rings. The zero-order valence-electron chi connectivity index (χ0n) is 5.50. The zero-order chi connectivity index (χ0) is 8.65. The van der Waals surface area contributed by atoms with Crippen LogP contribution in [0.25, 0.3) is 0 Å². The molecule has 1 aliphatic carbocycles. The molecule has 0 aromatic carbocycles. The Morgan fingerprint density at radius 3 is 2.00 bits per heavy atom. The summed E-state index contributed by atoms with van der Waals surface area (Å²) in [5.74, 6) is -0.925. The van der Waals surface area contributed by atoms with Crippen molar-refractivity contribution in [2.45, 2.75) is 24.5 Å². The molecule has 2 nitrogen and oxygen atoms in total. The standard InChI is InChI=1S/C5H7F3O2S/c6-5(7)3-1-4(2-3)11(8,9)10/h3-5H,1-2H2. The molecule has 0 aliphatic heterocycles. The van der Waals surface area contributed by atoms with Gasteiger partial charge >= 0.3 is 10.2 Å². The van der Waals surface area contributed by atoms with Gasteiger partial charge in [-0.2, -0.15) is 8.42 Å². The number of halogens is 3. The Kier molecular flexibility index (Phi) is 2.13. The fraction of sp³-hybridized carbons (Fsp3) is 1.00. The molecule has 0 amide bonds. The summed E-state index contributed by atoms with van der Waals surface area (Å²) in [6, 6.07) is 0. The molecule has 1 aliphatic rings. The van der Waals surface area contributed by atoms with E-state index in [4.69, 9.17) is 0 Å². The second-order valence-electron chi connectivity index (χ2n) is 2.66. The largest absolute Gasteiger partial charge is 0.305 e. The Bertz CT molecular complexity index is 230. The Morgan fingerprint density at radius 1 is 1.27 bits per heavy atom. The fourth-order valence-electron chi connectivity index (χ4n) is 1.04. The van der Waals surface area contributed by atoms with E-state index in [2.05, 4.69) is 0 Å². The highest BCUT2D eigenvalue weighted by molar-refractivity contribution is 7.87. The van der Waals surface area contributed by atoms with Crippen LogP contribution in [0.15, 0.2) is 0 Å². The third-order valence-corrected chi connectivity index (χ3v) is 3.07. The van der Waals surface area contributed by atoms with Crippen molar-refractivity contribution in [1.29, 1.82) is 0 Å². The fourth-order valence-corrected chi connectivity index (χ4v) is 2.00. The van der Waals surface area contributed by atoms with Gasteiger partial charge in [-0.15, -0.1) is 3.89 Å². The molecule has 6 heteroatoms. The number of hydrogen-bond acceptors (Lipinski definition) is 2. The second kappa shape index (κ2) is 2.66. The molecular weight excluding hydrogens is 181 g/mol. The average Bonchev–Trinajstić information content (AvgIpc) is 1.51. The van der Waals surface area contributed by atoms with Crippen molar-refractivity contribution < 1.29 is 21.1 Å². The number of hydrogen-bond donors (Lipinski definition) is 0. The summed E-state index contributed by atoms with van der Waals surface area (Å²) >= 11 is 0. The van der Waals surface area contributed by atoms with Crippen LogP contribution in [0.4, 0.5) is 12.7 Å². The summed E-state index contributed by atoms with van der Waals surface area (Å²) in [6.07, 6.45) is -3.00. The number of alkyl halides is 2. The molecule has 0 aromatic heterocycles. The smallest absolute Gasteiger partial charge is 0.210 e. The van der Waals surface area contributed by atoms with E-state index in [9.17, 15) is 21.1 Å². The minimum absolute atomic E-state index is 0.240. The minimum Gasteiger partial charge on any atom is -0.210 e. The Morgan fingerprint density at radius 2 is 1.73 bits per heavy atom. The molecule has 0 bridgehead atoms. The molecule has 0 aromatic rings. The van der Waals surface area contributed by atoms with Crippen LogP contribution in [-0.2, 0) is 10.2 Å². The van der Waals surface area contributed by atoms with Gasteiger partial charge in [0.2, 0.25) is 6.43 Å². The normalized spacial score (nSPS) is 32.0. The zero-order valence-corrected chi connectivity index (χ0v) is 6.32. The molecule has 0 N–H and O–H groups in total. The quantitative estimate of drug-likeness (QED) is 0.612. The Labute approximate surface area is 62.6 Å². The van der Waals surface area contributed by atoms with E-state index in [0.29, 0.717) is 0 Å². The third kappa shape index (κ3) is 1.85. The highest BCUT2D eigenvalue weighted by atomic mass is 32.3. The highest BCUT2D eigenvalue weighted by Crippen LogP contribution is 2.37. The molecule has 0 atom stereocenters. The van der Waals surface area contributed by atoms with Crippen molar-refractivity contribution in [3.05, 3.63) is 0 Å². The maximum absolute atomic E-state index is 12.0. The second-order valence-corrected chi connectivity index (χ2v) is 4.28. The summed E-state index contributed by atoms with van der Waals surface area (Å²) in [5.41, 5.74) is 0.